The molecule has 5 nitrogen and oxygen atoms in total. The summed E-state index contributed by atoms with van der Waals surface area (Å²) in [4.78, 5) is 25.6. The van der Waals surface area contributed by atoms with Crippen molar-refractivity contribution < 1.29 is 4.79 Å². The van der Waals surface area contributed by atoms with E-state index < -0.39 is 0 Å². The molecule has 4 N–H and O–H groups in total. The Morgan fingerprint density at radius 1 is 1.62 bits per heavy atom. The second-order valence-electron chi connectivity index (χ2n) is 3.64. The topological polar surface area (TPSA) is 88.0 Å². The molecule has 1 atom stereocenters. The molecule has 1 aromatic heterocycles. The van der Waals surface area contributed by atoms with Crippen LogP contribution in [0, 0.1) is 0 Å². The van der Waals surface area contributed by atoms with Crippen molar-refractivity contribution in [3.05, 3.63) is 34.2 Å². The van der Waals surface area contributed by atoms with Crippen LogP contribution in [-0.2, 0) is 0 Å². The van der Waals surface area contributed by atoms with Gasteiger partial charge in [0.05, 0.1) is 0 Å². The van der Waals surface area contributed by atoms with Crippen LogP contribution in [0.25, 0.3) is 0 Å². The maximum absolute atomic E-state index is 11.6. The third-order valence-electron chi connectivity index (χ3n) is 2.39. The molecule has 0 spiro atoms. The van der Waals surface area contributed by atoms with Crippen LogP contribution in [0.1, 0.15) is 30.1 Å². The highest BCUT2D eigenvalue weighted by Gasteiger charge is 2.08. The number of hydrogen-bond acceptors (Lipinski definition) is 3. The highest BCUT2D eigenvalue weighted by molar-refractivity contribution is 5.93. The Bertz CT molecular complexity index is 400. The molecule has 0 radical (unpaired) electrons. The van der Waals surface area contributed by atoms with Crippen LogP contribution in [0.5, 0.6) is 0 Å². The summed E-state index contributed by atoms with van der Waals surface area (Å²) < 4.78 is 0. The minimum absolute atomic E-state index is 0.0920. The molecule has 0 aliphatic heterocycles. The first-order chi connectivity index (χ1) is 7.65. The molecule has 16 heavy (non-hydrogen) atoms. The first kappa shape index (κ1) is 12.4. The Morgan fingerprint density at radius 2 is 2.38 bits per heavy atom. The predicted molar refractivity (Wildman–Crippen MR) is 62.3 cm³/mol. The summed E-state index contributed by atoms with van der Waals surface area (Å²) in [6.07, 6.45) is 4.48. The predicted octanol–water partition coefficient (Wildman–Crippen LogP) is 0.232. The zero-order valence-electron chi connectivity index (χ0n) is 9.32. The molecule has 0 saturated carbocycles. The fourth-order valence-corrected chi connectivity index (χ4v) is 1.26. The van der Waals surface area contributed by atoms with Crippen molar-refractivity contribution in [3.63, 3.8) is 0 Å². The Labute approximate surface area is 94.1 Å². The summed E-state index contributed by atoms with van der Waals surface area (Å²) in [6, 6.07) is 1.42. The first-order valence-corrected chi connectivity index (χ1v) is 5.36. The number of nitrogens with one attached hydrogen (secondary N) is 2. The van der Waals surface area contributed by atoms with E-state index in [-0.39, 0.29) is 22.9 Å². The number of pyridine rings is 1. The summed E-state index contributed by atoms with van der Waals surface area (Å²) in [5.74, 6) is -0.356. The molecule has 1 unspecified atom stereocenters. The molecule has 0 aliphatic carbocycles. The second-order valence-corrected chi connectivity index (χ2v) is 3.64. The van der Waals surface area contributed by atoms with E-state index in [1.54, 1.807) is 0 Å². The van der Waals surface area contributed by atoms with Gasteiger partial charge in [-0.05, 0) is 12.8 Å². The van der Waals surface area contributed by atoms with Gasteiger partial charge in [-0.1, -0.05) is 6.92 Å². The van der Waals surface area contributed by atoms with E-state index in [1.807, 2.05) is 6.92 Å². The summed E-state index contributed by atoms with van der Waals surface area (Å²) in [7, 11) is 0. The minimum atomic E-state index is -0.356. The van der Waals surface area contributed by atoms with Gasteiger partial charge in [-0.2, -0.15) is 0 Å². The summed E-state index contributed by atoms with van der Waals surface area (Å²) in [5.41, 5.74) is 5.56. The molecule has 5 heteroatoms. The van der Waals surface area contributed by atoms with Crippen molar-refractivity contribution >= 4 is 5.91 Å². The molecule has 0 fully saturated rings. The van der Waals surface area contributed by atoms with Gasteiger partial charge in [0.15, 0.2) is 5.43 Å². The van der Waals surface area contributed by atoms with Crippen LogP contribution in [0.3, 0.4) is 0 Å². The monoisotopic (exact) mass is 223 g/mol. The van der Waals surface area contributed by atoms with Crippen LogP contribution < -0.4 is 16.5 Å². The van der Waals surface area contributed by atoms with Gasteiger partial charge in [-0.15, -0.1) is 0 Å². The highest BCUT2D eigenvalue weighted by Crippen LogP contribution is 1.92. The van der Waals surface area contributed by atoms with E-state index in [0.717, 1.165) is 6.42 Å². The zero-order chi connectivity index (χ0) is 12.0. The van der Waals surface area contributed by atoms with Gasteiger partial charge in [0.1, 0.15) is 5.56 Å². The lowest BCUT2D eigenvalue weighted by molar-refractivity contribution is 0.0951. The lowest BCUT2D eigenvalue weighted by atomic mass is 10.1. The molecule has 0 aromatic carbocycles. The van der Waals surface area contributed by atoms with Gasteiger partial charge >= 0.3 is 0 Å². The zero-order valence-corrected chi connectivity index (χ0v) is 9.32. The molecule has 1 rings (SSSR count). The number of nitrogens with two attached hydrogens (primary N) is 1. The van der Waals surface area contributed by atoms with Crippen molar-refractivity contribution in [1.29, 1.82) is 0 Å². The number of aromatic amines is 1. The minimum Gasteiger partial charge on any atom is -0.367 e. The highest BCUT2D eigenvalue weighted by atomic mass is 16.2. The van der Waals surface area contributed by atoms with Gasteiger partial charge in [0.25, 0.3) is 5.91 Å². The van der Waals surface area contributed by atoms with E-state index >= 15 is 0 Å². The maximum Gasteiger partial charge on any atom is 0.256 e. The standard InChI is InChI=1S/C11H17N3O2/c1-2-8(12)3-6-14-11(16)9-7-13-5-4-10(9)15/h4-5,7-8H,2-3,6,12H2,1H3,(H,13,15)(H,14,16). The molecule has 1 aromatic rings. The molecule has 0 saturated heterocycles. The fraction of sp³-hybridized carbons (Fsp3) is 0.455. The number of H-pyrrole nitrogens is 1. The Balaban J connectivity index is 2.48. The number of aromatic nitrogens is 1. The molecule has 1 amide bonds. The SMILES string of the molecule is CCC(N)CCNC(=O)c1c[nH]ccc1=O. The molecular formula is C11H17N3O2. The van der Waals surface area contributed by atoms with Crippen molar-refractivity contribution in [2.24, 2.45) is 5.73 Å². The van der Waals surface area contributed by atoms with Crippen LogP contribution >= 0.6 is 0 Å². The molecule has 0 aliphatic rings. The number of carbonyl (C=O) groups excluding carboxylic acids is 1. The van der Waals surface area contributed by atoms with Crippen molar-refractivity contribution in [2.45, 2.75) is 25.8 Å². The lowest BCUT2D eigenvalue weighted by Crippen LogP contribution is -2.32. The Morgan fingerprint density at radius 3 is 3.00 bits per heavy atom. The summed E-state index contributed by atoms with van der Waals surface area (Å²) in [6.45, 7) is 2.48. The molecular weight excluding hydrogens is 206 g/mol. The molecule has 0 bridgehead atoms. The second kappa shape index (κ2) is 6.07. The largest absolute Gasteiger partial charge is 0.367 e. The molecule has 88 valence electrons. The van der Waals surface area contributed by atoms with E-state index in [1.165, 1.54) is 18.5 Å². The Kier molecular flexibility index (Phi) is 4.72. The number of hydrogen-bond donors (Lipinski definition) is 3. The lowest BCUT2D eigenvalue weighted by Gasteiger charge is -2.09. The average Bonchev–Trinajstić information content (AvgIpc) is 2.29. The smallest absolute Gasteiger partial charge is 0.256 e. The van der Waals surface area contributed by atoms with Gasteiger partial charge in [0, 0.05) is 31.0 Å². The van der Waals surface area contributed by atoms with Gasteiger partial charge < -0.3 is 16.0 Å². The van der Waals surface area contributed by atoms with Crippen LogP contribution in [0.2, 0.25) is 0 Å². The average molecular weight is 223 g/mol. The fourth-order valence-electron chi connectivity index (χ4n) is 1.26. The number of amides is 1. The number of rotatable bonds is 5. The van der Waals surface area contributed by atoms with E-state index in [4.69, 9.17) is 5.73 Å². The quantitative estimate of drug-likeness (QED) is 0.667. The van der Waals surface area contributed by atoms with E-state index in [0.29, 0.717) is 13.0 Å². The maximum atomic E-state index is 11.6. The first-order valence-electron chi connectivity index (χ1n) is 5.36. The van der Waals surface area contributed by atoms with Crippen molar-refractivity contribution in [3.8, 4) is 0 Å². The Hall–Kier alpha value is -1.62. The van der Waals surface area contributed by atoms with Crippen LogP contribution in [0.15, 0.2) is 23.3 Å². The van der Waals surface area contributed by atoms with E-state index in [2.05, 4.69) is 10.3 Å². The van der Waals surface area contributed by atoms with Crippen molar-refractivity contribution in [1.82, 2.24) is 10.3 Å². The van der Waals surface area contributed by atoms with E-state index in [9.17, 15) is 9.59 Å². The summed E-state index contributed by atoms with van der Waals surface area (Å²) >= 11 is 0. The van der Waals surface area contributed by atoms with Crippen LogP contribution in [-0.4, -0.2) is 23.5 Å². The van der Waals surface area contributed by atoms with Gasteiger partial charge in [0.2, 0.25) is 0 Å². The number of carbonyl (C=O) groups is 1. The third-order valence-corrected chi connectivity index (χ3v) is 2.39. The van der Waals surface area contributed by atoms with Crippen LogP contribution in [0.4, 0.5) is 0 Å². The molecule has 1 heterocycles. The van der Waals surface area contributed by atoms with Gasteiger partial charge in [-0.3, -0.25) is 9.59 Å². The third kappa shape index (κ3) is 3.51. The van der Waals surface area contributed by atoms with Crippen molar-refractivity contribution in [2.75, 3.05) is 6.54 Å². The summed E-state index contributed by atoms with van der Waals surface area (Å²) in [5, 5.41) is 2.67. The normalized spacial score (nSPS) is 12.1. The van der Waals surface area contributed by atoms with Gasteiger partial charge in [-0.25, -0.2) is 0 Å².